The molecule has 3 nitrogen and oxygen atoms in total. The van der Waals surface area contributed by atoms with E-state index in [2.05, 4.69) is 55.3 Å². The lowest BCUT2D eigenvalue weighted by Gasteiger charge is -2.17. The SMILES string of the molecule is COCCc1ccccc1NC(C)c1nc(C)sc1C. The molecular weight excluding hydrogens is 268 g/mol. The Hall–Kier alpha value is -1.39. The number of nitrogens with zero attached hydrogens (tertiary/aromatic N) is 1. The quantitative estimate of drug-likeness (QED) is 0.869. The second kappa shape index (κ2) is 6.86. The summed E-state index contributed by atoms with van der Waals surface area (Å²) in [6.07, 6.45) is 0.918. The first-order valence-electron chi connectivity index (χ1n) is 6.89. The van der Waals surface area contributed by atoms with Gasteiger partial charge in [0.1, 0.15) is 0 Å². The van der Waals surface area contributed by atoms with Crippen molar-refractivity contribution in [3.8, 4) is 0 Å². The number of hydrogen-bond donors (Lipinski definition) is 1. The molecule has 0 saturated carbocycles. The highest BCUT2D eigenvalue weighted by molar-refractivity contribution is 7.11. The van der Waals surface area contributed by atoms with Crippen LogP contribution in [0.1, 0.15) is 34.1 Å². The highest BCUT2D eigenvalue weighted by Crippen LogP contribution is 2.27. The molecule has 20 heavy (non-hydrogen) atoms. The van der Waals surface area contributed by atoms with Crippen LogP contribution in [-0.2, 0) is 11.2 Å². The summed E-state index contributed by atoms with van der Waals surface area (Å²) in [5, 5.41) is 4.70. The van der Waals surface area contributed by atoms with E-state index in [1.54, 1.807) is 18.4 Å². The Morgan fingerprint density at radius 3 is 2.70 bits per heavy atom. The largest absolute Gasteiger partial charge is 0.384 e. The van der Waals surface area contributed by atoms with Gasteiger partial charge in [0.05, 0.1) is 23.4 Å². The number of methoxy groups -OCH3 is 1. The van der Waals surface area contributed by atoms with Gasteiger partial charge in [0.15, 0.2) is 0 Å². The number of thiazole rings is 1. The first-order chi connectivity index (χ1) is 9.61. The Labute approximate surface area is 125 Å². The van der Waals surface area contributed by atoms with E-state index in [1.165, 1.54) is 16.1 Å². The van der Waals surface area contributed by atoms with Crippen molar-refractivity contribution in [1.82, 2.24) is 4.98 Å². The Morgan fingerprint density at radius 1 is 1.30 bits per heavy atom. The van der Waals surface area contributed by atoms with Crippen molar-refractivity contribution in [3.05, 3.63) is 45.4 Å². The number of benzene rings is 1. The summed E-state index contributed by atoms with van der Waals surface area (Å²) in [7, 11) is 1.74. The van der Waals surface area contributed by atoms with Gasteiger partial charge in [-0.05, 0) is 38.8 Å². The zero-order valence-electron chi connectivity index (χ0n) is 12.6. The molecule has 0 aliphatic carbocycles. The number of para-hydroxylation sites is 1. The maximum Gasteiger partial charge on any atom is 0.0901 e. The molecule has 1 unspecified atom stereocenters. The molecule has 1 heterocycles. The van der Waals surface area contributed by atoms with Crippen LogP contribution in [0.3, 0.4) is 0 Å². The Morgan fingerprint density at radius 2 is 2.05 bits per heavy atom. The van der Waals surface area contributed by atoms with E-state index < -0.39 is 0 Å². The molecule has 1 aromatic carbocycles. The fourth-order valence-electron chi connectivity index (χ4n) is 2.34. The number of hydrogen-bond acceptors (Lipinski definition) is 4. The third kappa shape index (κ3) is 3.58. The van der Waals surface area contributed by atoms with E-state index in [-0.39, 0.29) is 6.04 Å². The number of aromatic nitrogens is 1. The topological polar surface area (TPSA) is 34.1 Å². The third-order valence-corrected chi connectivity index (χ3v) is 4.22. The van der Waals surface area contributed by atoms with Crippen molar-refractivity contribution in [2.45, 2.75) is 33.2 Å². The molecule has 1 N–H and O–H groups in total. The summed E-state index contributed by atoms with van der Waals surface area (Å²) in [5.74, 6) is 0. The number of aryl methyl sites for hydroxylation is 2. The van der Waals surface area contributed by atoms with E-state index in [1.807, 2.05) is 0 Å². The van der Waals surface area contributed by atoms with Gasteiger partial charge in [-0.15, -0.1) is 11.3 Å². The Bertz CT molecular complexity index is 565. The molecule has 0 spiro atoms. The fraction of sp³-hybridized carbons (Fsp3) is 0.438. The van der Waals surface area contributed by atoms with Crippen LogP contribution in [0.2, 0.25) is 0 Å². The van der Waals surface area contributed by atoms with Crippen molar-refractivity contribution in [2.75, 3.05) is 19.0 Å². The van der Waals surface area contributed by atoms with Gasteiger partial charge in [-0.2, -0.15) is 0 Å². The van der Waals surface area contributed by atoms with Crippen LogP contribution in [0.4, 0.5) is 5.69 Å². The van der Waals surface area contributed by atoms with Crippen LogP contribution in [0.5, 0.6) is 0 Å². The molecule has 4 heteroatoms. The van der Waals surface area contributed by atoms with E-state index in [0.29, 0.717) is 0 Å². The van der Waals surface area contributed by atoms with Crippen LogP contribution in [0, 0.1) is 13.8 Å². The number of nitrogens with one attached hydrogen (secondary N) is 1. The molecule has 2 aromatic rings. The smallest absolute Gasteiger partial charge is 0.0901 e. The molecule has 1 atom stereocenters. The summed E-state index contributed by atoms with van der Waals surface area (Å²) < 4.78 is 5.17. The second-order valence-electron chi connectivity index (χ2n) is 4.94. The monoisotopic (exact) mass is 290 g/mol. The first kappa shape index (κ1) is 15.0. The van der Waals surface area contributed by atoms with Gasteiger partial charge in [-0.25, -0.2) is 4.98 Å². The zero-order chi connectivity index (χ0) is 14.5. The molecule has 108 valence electrons. The standard InChI is InChI=1S/C16H22N2OS/c1-11(16-12(2)20-13(3)18-16)17-15-8-6-5-7-14(15)9-10-19-4/h5-8,11,17H,9-10H2,1-4H3. The van der Waals surface area contributed by atoms with Gasteiger partial charge in [0.2, 0.25) is 0 Å². The van der Waals surface area contributed by atoms with Gasteiger partial charge < -0.3 is 10.1 Å². The minimum absolute atomic E-state index is 0.212. The van der Waals surface area contributed by atoms with Crippen LogP contribution >= 0.6 is 11.3 Å². The molecule has 0 amide bonds. The van der Waals surface area contributed by atoms with Crippen LogP contribution < -0.4 is 5.32 Å². The van der Waals surface area contributed by atoms with Crippen molar-refractivity contribution in [1.29, 1.82) is 0 Å². The average molecular weight is 290 g/mol. The summed E-state index contributed by atoms with van der Waals surface area (Å²) in [6.45, 7) is 7.09. The van der Waals surface area contributed by atoms with Crippen LogP contribution in [-0.4, -0.2) is 18.7 Å². The van der Waals surface area contributed by atoms with Gasteiger partial charge in [0.25, 0.3) is 0 Å². The van der Waals surface area contributed by atoms with E-state index >= 15 is 0 Å². The summed E-state index contributed by atoms with van der Waals surface area (Å²) in [5.41, 5.74) is 3.60. The van der Waals surface area contributed by atoms with Gasteiger partial charge in [-0.1, -0.05) is 18.2 Å². The molecule has 0 saturated heterocycles. The summed E-state index contributed by atoms with van der Waals surface area (Å²) in [4.78, 5) is 5.92. The Balaban J connectivity index is 2.15. The maximum absolute atomic E-state index is 5.17. The molecule has 0 fully saturated rings. The lowest BCUT2D eigenvalue weighted by Crippen LogP contribution is -2.10. The molecule has 0 bridgehead atoms. The second-order valence-corrected chi connectivity index (χ2v) is 6.35. The fourth-order valence-corrected chi connectivity index (χ4v) is 3.25. The highest BCUT2D eigenvalue weighted by Gasteiger charge is 2.14. The van der Waals surface area contributed by atoms with Crippen LogP contribution in [0.15, 0.2) is 24.3 Å². The third-order valence-electron chi connectivity index (χ3n) is 3.31. The predicted octanol–water partition coefficient (Wildman–Crippen LogP) is 4.12. The van der Waals surface area contributed by atoms with E-state index in [4.69, 9.17) is 4.74 Å². The van der Waals surface area contributed by atoms with E-state index in [9.17, 15) is 0 Å². The number of anilines is 1. The summed E-state index contributed by atoms with van der Waals surface area (Å²) in [6, 6.07) is 8.61. The Kier molecular flexibility index (Phi) is 5.15. The number of rotatable bonds is 6. The highest BCUT2D eigenvalue weighted by atomic mass is 32.1. The van der Waals surface area contributed by atoms with Crippen molar-refractivity contribution >= 4 is 17.0 Å². The lowest BCUT2D eigenvalue weighted by atomic mass is 10.1. The van der Waals surface area contributed by atoms with Gasteiger partial charge >= 0.3 is 0 Å². The lowest BCUT2D eigenvalue weighted by molar-refractivity contribution is 0.202. The maximum atomic E-state index is 5.17. The molecule has 1 aromatic heterocycles. The van der Waals surface area contributed by atoms with Crippen molar-refractivity contribution in [2.24, 2.45) is 0 Å². The van der Waals surface area contributed by atoms with Crippen LogP contribution in [0.25, 0.3) is 0 Å². The minimum atomic E-state index is 0.212. The van der Waals surface area contributed by atoms with Crippen molar-refractivity contribution < 1.29 is 4.74 Å². The normalized spacial score (nSPS) is 12.4. The molecule has 2 rings (SSSR count). The molecule has 0 aliphatic heterocycles. The first-order valence-corrected chi connectivity index (χ1v) is 7.70. The number of ether oxygens (including phenoxy) is 1. The average Bonchev–Trinajstić information content (AvgIpc) is 2.77. The van der Waals surface area contributed by atoms with Gasteiger partial charge in [0, 0.05) is 17.7 Å². The molecule has 0 radical (unpaired) electrons. The zero-order valence-corrected chi connectivity index (χ0v) is 13.4. The van der Waals surface area contributed by atoms with Crippen molar-refractivity contribution in [3.63, 3.8) is 0 Å². The summed E-state index contributed by atoms with van der Waals surface area (Å²) >= 11 is 1.76. The predicted molar refractivity (Wildman–Crippen MR) is 85.6 cm³/mol. The minimum Gasteiger partial charge on any atom is -0.384 e. The molecular formula is C16H22N2OS. The molecule has 0 aliphatic rings. The van der Waals surface area contributed by atoms with E-state index in [0.717, 1.165) is 23.7 Å². The van der Waals surface area contributed by atoms with Gasteiger partial charge in [-0.3, -0.25) is 0 Å².